The van der Waals surface area contributed by atoms with Crippen LogP contribution in [0.3, 0.4) is 0 Å². The Balaban J connectivity index is 1.35. The van der Waals surface area contributed by atoms with E-state index in [-0.39, 0.29) is 17.4 Å². The summed E-state index contributed by atoms with van der Waals surface area (Å²) in [4.78, 5) is 12.5. The Labute approximate surface area is 296 Å². The lowest BCUT2D eigenvalue weighted by atomic mass is 9.61. The van der Waals surface area contributed by atoms with Gasteiger partial charge in [-0.2, -0.15) is 0 Å². The molecule has 4 fully saturated rings. The molecule has 4 nitrogen and oxygen atoms in total. The molecule has 5 heteroatoms. The Hall–Kier alpha value is -0.910. The lowest BCUT2D eigenvalue weighted by Crippen LogP contribution is -2.62. The van der Waals surface area contributed by atoms with Gasteiger partial charge in [0.15, 0.2) is 0 Å². The predicted molar refractivity (Wildman–Crippen MR) is 199 cm³/mol. The number of alkyl halides is 1. The number of carbonyl (C=O) groups is 1. The van der Waals surface area contributed by atoms with E-state index in [1.54, 1.807) is 16.7 Å². The molecule has 0 saturated heterocycles. The Kier molecular flexibility index (Phi) is 12.2. The number of rotatable bonds is 9. The number of hydrazine groups is 1. The molecule has 0 aromatic carbocycles. The average Bonchev–Trinajstić information content (AvgIpc) is 3.45. The normalized spacial score (nSPS) is 35.8. The summed E-state index contributed by atoms with van der Waals surface area (Å²) in [5.74, 6) is 3.34. The smallest absolute Gasteiger partial charge is 0.316 e. The van der Waals surface area contributed by atoms with E-state index in [9.17, 15) is 4.79 Å². The lowest BCUT2D eigenvalue weighted by molar-refractivity contribution is -0.147. The highest BCUT2D eigenvalue weighted by Crippen LogP contribution is 2.60. The van der Waals surface area contributed by atoms with Crippen LogP contribution in [0, 0.1) is 35.0 Å². The van der Waals surface area contributed by atoms with E-state index in [1.807, 2.05) is 0 Å². The van der Waals surface area contributed by atoms with E-state index < -0.39 is 0 Å². The van der Waals surface area contributed by atoms with Crippen LogP contribution in [-0.4, -0.2) is 52.1 Å². The average molecular weight is 712 g/mol. The maximum Gasteiger partial charge on any atom is 0.316 e. The molecular weight excluding hydrogens is 644 g/mol. The molecule has 1 aliphatic heterocycles. The molecule has 6 rings (SSSR count). The van der Waals surface area contributed by atoms with E-state index in [0.29, 0.717) is 47.2 Å². The van der Waals surface area contributed by atoms with Crippen LogP contribution in [0.15, 0.2) is 34.9 Å². The summed E-state index contributed by atoms with van der Waals surface area (Å²) in [7, 11) is 0. The minimum atomic E-state index is -0.108. The molecule has 6 aliphatic rings. The lowest BCUT2D eigenvalue weighted by Gasteiger charge is -2.55. The zero-order valence-corrected chi connectivity index (χ0v) is 32.2. The first-order chi connectivity index (χ1) is 22.7. The Morgan fingerprint density at radius 3 is 2.28 bits per heavy atom. The number of hydrogen-bond acceptors (Lipinski definition) is 4. The first-order valence-electron chi connectivity index (χ1n) is 20.1. The first-order valence-corrected chi connectivity index (χ1v) is 21.2. The summed E-state index contributed by atoms with van der Waals surface area (Å²) >= 11 is 3.36. The molecule has 0 aromatic rings. The van der Waals surface area contributed by atoms with Crippen molar-refractivity contribution in [1.82, 2.24) is 10.0 Å². The van der Waals surface area contributed by atoms with E-state index in [1.165, 1.54) is 96.3 Å². The fourth-order valence-electron chi connectivity index (χ4n) is 11.1. The topological polar surface area (TPSA) is 32.8 Å². The highest BCUT2D eigenvalue weighted by atomic mass is 79.9. The highest BCUT2D eigenvalue weighted by Gasteiger charge is 2.51. The Morgan fingerprint density at radius 2 is 1.60 bits per heavy atom. The van der Waals surface area contributed by atoms with Gasteiger partial charge in [-0.15, -0.1) is 0 Å². The Bertz CT molecular complexity index is 1160. The highest BCUT2D eigenvalue weighted by molar-refractivity contribution is 9.09. The fourth-order valence-corrected chi connectivity index (χ4v) is 11.3. The maximum atomic E-state index is 12.5. The second-order valence-corrected chi connectivity index (χ2v) is 17.9. The van der Waals surface area contributed by atoms with Crippen molar-refractivity contribution < 1.29 is 9.53 Å². The van der Waals surface area contributed by atoms with E-state index >= 15 is 0 Å². The second kappa shape index (κ2) is 16.0. The number of fused-ring (bicyclic) bond motifs is 1. The summed E-state index contributed by atoms with van der Waals surface area (Å²) < 4.78 is 6.05. The molecule has 0 spiro atoms. The van der Waals surface area contributed by atoms with Gasteiger partial charge in [0.1, 0.15) is 11.4 Å². The van der Waals surface area contributed by atoms with Crippen molar-refractivity contribution in [3.63, 3.8) is 0 Å². The predicted octanol–water partition coefficient (Wildman–Crippen LogP) is 11.0. The van der Waals surface area contributed by atoms with Crippen molar-refractivity contribution in [3.8, 4) is 0 Å². The van der Waals surface area contributed by atoms with Gasteiger partial charge in [-0.05, 0) is 111 Å². The molecular formula is C42H67BrN2O2. The zero-order chi connectivity index (χ0) is 33.1. The number of esters is 1. The van der Waals surface area contributed by atoms with E-state index in [0.717, 1.165) is 31.7 Å². The summed E-state index contributed by atoms with van der Waals surface area (Å²) in [6, 6.07) is 1.64. The molecule has 1 heterocycles. The van der Waals surface area contributed by atoms with Gasteiger partial charge in [0.2, 0.25) is 0 Å². The van der Waals surface area contributed by atoms with Crippen molar-refractivity contribution in [2.45, 2.75) is 174 Å². The van der Waals surface area contributed by atoms with Crippen molar-refractivity contribution in [3.05, 3.63) is 34.9 Å². The standard InChI is InChI=1S/C42H67BrN2O2/c1-29(2)30(3)18-19-31(4)38-22-23-39-32(13-12-24-42(38,39)5)25-40-37-26-36(47-41(46)27-43)21-20-33(37)28-44(34-14-8-6-9-15-34)45(40)35-16-10-7-11-17-35/h18-19,25,29-31,34-36,38-40H,6-17,20-24,26-28H2,1-5H3/b19-18+,32-25+/t30-,31+,36-,38?,39?,40?,42?/m0/s1. The number of allylic oxidation sites excluding steroid dienone is 3. The van der Waals surface area contributed by atoms with Crippen LogP contribution >= 0.6 is 15.9 Å². The fraction of sp³-hybridized carbons (Fsp3) is 0.833. The van der Waals surface area contributed by atoms with Gasteiger partial charge >= 0.3 is 5.97 Å². The third kappa shape index (κ3) is 7.88. The van der Waals surface area contributed by atoms with E-state index in [2.05, 4.69) is 78.8 Å². The molecule has 264 valence electrons. The van der Waals surface area contributed by atoms with Gasteiger partial charge in [-0.25, -0.2) is 10.0 Å². The number of carbonyl (C=O) groups excluding carboxylic acids is 1. The van der Waals surface area contributed by atoms with Gasteiger partial charge in [-0.3, -0.25) is 4.79 Å². The van der Waals surface area contributed by atoms with Crippen molar-refractivity contribution in [2.24, 2.45) is 35.0 Å². The molecule has 47 heavy (non-hydrogen) atoms. The molecule has 4 saturated carbocycles. The van der Waals surface area contributed by atoms with E-state index in [4.69, 9.17) is 4.74 Å². The van der Waals surface area contributed by atoms with Crippen LogP contribution < -0.4 is 0 Å². The summed E-state index contributed by atoms with van der Waals surface area (Å²) in [5.41, 5.74) is 5.46. The quantitative estimate of drug-likeness (QED) is 0.135. The van der Waals surface area contributed by atoms with Crippen LogP contribution in [-0.2, 0) is 9.53 Å². The van der Waals surface area contributed by atoms with Gasteiger partial charge in [0.25, 0.3) is 0 Å². The van der Waals surface area contributed by atoms with Crippen molar-refractivity contribution in [2.75, 3.05) is 11.9 Å². The third-order valence-corrected chi connectivity index (χ3v) is 14.6. The number of hydrogen-bond donors (Lipinski definition) is 0. The van der Waals surface area contributed by atoms with Crippen molar-refractivity contribution >= 4 is 21.9 Å². The Morgan fingerprint density at radius 1 is 0.894 bits per heavy atom. The van der Waals surface area contributed by atoms with Crippen LogP contribution in [0.5, 0.6) is 0 Å². The maximum absolute atomic E-state index is 12.5. The van der Waals surface area contributed by atoms with Gasteiger partial charge in [0.05, 0.1) is 6.04 Å². The molecule has 0 bridgehead atoms. The molecule has 0 amide bonds. The molecule has 0 radical (unpaired) electrons. The zero-order valence-electron chi connectivity index (χ0n) is 30.7. The number of ether oxygens (including phenoxy) is 1. The second-order valence-electron chi connectivity index (χ2n) is 17.3. The summed E-state index contributed by atoms with van der Waals surface area (Å²) in [6.07, 6.45) is 31.3. The van der Waals surface area contributed by atoms with Gasteiger partial charge in [0, 0.05) is 25.0 Å². The number of halogens is 1. The summed E-state index contributed by atoms with van der Waals surface area (Å²) in [6.45, 7) is 13.4. The number of nitrogens with zero attached hydrogens (tertiary/aromatic N) is 2. The van der Waals surface area contributed by atoms with Gasteiger partial charge in [-0.1, -0.05) is 118 Å². The molecule has 5 aliphatic carbocycles. The first kappa shape index (κ1) is 35.9. The molecule has 0 aromatic heterocycles. The SMILES string of the molecule is CC(C)[C@@H](C)/C=C/[C@@H](C)C1CCC2/C(=C/C3C4=C(CC[C@H](OC(=O)CBr)C4)CN(C4CCCCC4)N3C3CCCCC3)CCCC21C. The minimum Gasteiger partial charge on any atom is -0.461 e. The van der Waals surface area contributed by atoms with Crippen molar-refractivity contribution in [1.29, 1.82) is 0 Å². The molecule has 4 unspecified atom stereocenters. The van der Waals surface area contributed by atoms with Crippen LogP contribution in [0.1, 0.15) is 150 Å². The molecule has 0 N–H and O–H groups in total. The minimum absolute atomic E-state index is 0.0162. The molecule has 7 atom stereocenters. The van der Waals surface area contributed by atoms with Gasteiger partial charge < -0.3 is 4.74 Å². The van der Waals surface area contributed by atoms with Crippen LogP contribution in [0.2, 0.25) is 0 Å². The third-order valence-electron chi connectivity index (χ3n) is 14.1. The largest absolute Gasteiger partial charge is 0.461 e. The van der Waals surface area contributed by atoms with Crippen LogP contribution in [0.25, 0.3) is 0 Å². The monoisotopic (exact) mass is 710 g/mol. The van der Waals surface area contributed by atoms with Crippen LogP contribution in [0.4, 0.5) is 0 Å². The summed E-state index contributed by atoms with van der Waals surface area (Å²) in [5, 5.41) is 6.20.